The molecule has 9 nitrogen and oxygen atoms in total. The van der Waals surface area contributed by atoms with Crippen molar-refractivity contribution >= 4 is 27.3 Å². The second-order valence-electron chi connectivity index (χ2n) is 7.92. The zero-order chi connectivity index (χ0) is 22.0. The van der Waals surface area contributed by atoms with Crippen molar-refractivity contribution < 1.29 is 18.1 Å². The zero-order valence-electron chi connectivity index (χ0n) is 16.9. The fraction of sp³-hybridized carbons (Fsp3) is 0.381. The average molecular weight is 445 g/mol. The number of carbonyl (C=O) groups is 1. The number of hydrogen-bond donors (Lipinski definition) is 2. The van der Waals surface area contributed by atoms with Gasteiger partial charge in [0.05, 0.1) is 9.82 Å². The largest absolute Gasteiger partial charge is 0.377 e. The highest BCUT2D eigenvalue weighted by atomic mass is 32.2. The predicted molar refractivity (Wildman–Crippen MR) is 115 cm³/mol. The van der Waals surface area contributed by atoms with Crippen molar-refractivity contribution in [1.82, 2.24) is 9.62 Å². The molecule has 2 N–H and O–H groups in total. The lowest BCUT2D eigenvalue weighted by atomic mass is 10.0. The molecular weight excluding hydrogens is 420 g/mol. The number of nitro benzene ring substituents is 1. The lowest BCUT2D eigenvalue weighted by molar-refractivity contribution is -0.384. The van der Waals surface area contributed by atoms with Gasteiger partial charge in [-0.15, -0.1) is 0 Å². The highest BCUT2D eigenvalue weighted by Crippen LogP contribution is 2.32. The number of amides is 1. The summed E-state index contributed by atoms with van der Waals surface area (Å²) in [4.78, 5) is 25.3. The van der Waals surface area contributed by atoms with Crippen molar-refractivity contribution in [2.75, 3.05) is 18.4 Å². The summed E-state index contributed by atoms with van der Waals surface area (Å²) in [7, 11) is -4.26. The highest BCUT2D eigenvalue weighted by molar-refractivity contribution is 7.90. The van der Waals surface area contributed by atoms with Gasteiger partial charge in [0, 0.05) is 36.8 Å². The summed E-state index contributed by atoms with van der Waals surface area (Å²) in [5, 5.41) is 14.8. The Balaban J connectivity index is 1.48. The van der Waals surface area contributed by atoms with Crippen molar-refractivity contribution in [3.05, 3.63) is 64.2 Å². The van der Waals surface area contributed by atoms with E-state index in [0.717, 1.165) is 32.0 Å². The summed E-state index contributed by atoms with van der Waals surface area (Å²) < 4.78 is 27.2. The summed E-state index contributed by atoms with van der Waals surface area (Å²) >= 11 is 0. The van der Waals surface area contributed by atoms with E-state index in [1.54, 1.807) is 18.2 Å². The van der Waals surface area contributed by atoms with E-state index in [0.29, 0.717) is 6.04 Å². The standard InChI is InChI=1S/C21H24N4O5S/c26-21(15-4-2-1-3-5-15)23-31(29,30)18-8-9-19(20(14-18)25(27)28)22-16-10-12-24(13-11-16)17-6-7-17/h1-5,8-9,14,16-17,22H,6-7,10-13H2,(H,23,26). The van der Waals surface area contributed by atoms with Crippen LogP contribution in [0.15, 0.2) is 53.4 Å². The Bertz CT molecular complexity index is 1080. The molecule has 0 aromatic heterocycles. The Morgan fingerprint density at radius 2 is 1.71 bits per heavy atom. The topological polar surface area (TPSA) is 122 Å². The van der Waals surface area contributed by atoms with Crippen LogP contribution in [0.1, 0.15) is 36.0 Å². The number of likely N-dealkylation sites (tertiary alicyclic amines) is 1. The van der Waals surface area contributed by atoms with E-state index in [2.05, 4.69) is 10.2 Å². The van der Waals surface area contributed by atoms with Crippen LogP contribution in [-0.4, -0.2) is 49.3 Å². The molecule has 4 rings (SSSR count). The number of nitrogens with zero attached hydrogens (tertiary/aromatic N) is 2. The minimum atomic E-state index is -4.26. The summed E-state index contributed by atoms with van der Waals surface area (Å²) in [6.07, 6.45) is 4.25. The monoisotopic (exact) mass is 444 g/mol. The molecule has 1 saturated heterocycles. The van der Waals surface area contributed by atoms with Crippen LogP contribution in [0.3, 0.4) is 0 Å². The van der Waals surface area contributed by atoms with Crippen molar-refractivity contribution in [2.45, 2.75) is 42.7 Å². The van der Waals surface area contributed by atoms with Gasteiger partial charge in [0.1, 0.15) is 5.69 Å². The van der Waals surface area contributed by atoms with E-state index >= 15 is 0 Å². The van der Waals surface area contributed by atoms with E-state index < -0.39 is 20.9 Å². The van der Waals surface area contributed by atoms with Gasteiger partial charge in [-0.05, 0) is 49.9 Å². The lowest BCUT2D eigenvalue weighted by Crippen LogP contribution is -2.40. The second kappa shape index (κ2) is 8.64. The first-order chi connectivity index (χ1) is 14.8. The normalized spacial score (nSPS) is 17.8. The molecule has 2 aromatic rings. The highest BCUT2D eigenvalue weighted by Gasteiger charge is 2.32. The molecule has 1 heterocycles. The fourth-order valence-corrected chi connectivity index (χ4v) is 4.84. The number of anilines is 1. The predicted octanol–water partition coefficient (Wildman–Crippen LogP) is 2.75. The molecule has 1 amide bonds. The molecule has 31 heavy (non-hydrogen) atoms. The summed E-state index contributed by atoms with van der Waals surface area (Å²) in [5.74, 6) is -0.798. The SMILES string of the molecule is O=C(NS(=O)(=O)c1ccc(NC2CCN(C3CC3)CC2)c([N+](=O)[O-])c1)c1ccccc1. The van der Waals surface area contributed by atoms with Gasteiger partial charge in [0.2, 0.25) is 0 Å². The molecule has 2 fully saturated rings. The first-order valence-electron chi connectivity index (χ1n) is 10.2. The van der Waals surface area contributed by atoms with Crippen LogP contribution in [0, 0.1) is 10.1 Å². The Kier molecular flexibility index (Phi) is 5.92. The molecule has 2 aliphatic rings. The maximum atomic E-state index is 12.6. The summed E-state index contributed by atoms with van der Waals surface area (Å²) in [6.45, 7) is 1.90. The van der Waals surface area contributed by atoms with Crippen LogP contribution >= 0.6 is 0 Å². The van der Waals surface area contributed by atoms with Crippen LogP contribution in [0.5, 0.6) is 0 Å². The lowest BCUT2D eigenvalue weighted by Gasteiger charge is -2.32. The van der Waals surface area contributed by atoms with Gasteiger partial charge in [-0.25, -0.2) is 13.1 Å². The van der Waals surface area contributed by atoms with E-state index in [1.165, 1.54) is 37.1 Å². The van der Waals surface area contributed by atoms with E-state index in [9.17, 15) is 23.3 Å². The maximum Gasteiger partial charge on any atom is 0.293 e. The zero-order valence-corrected chi connectivity index (χ0v) is 17.7. The van der Waals surface area contributed by atoms with Gasteiger partial charge in [-0.3, -0.25) is 14.9 Å². The van der Waals surface area contributed by atoms with Crippen LogP contribution in [0.2, 0.25) is 0 Å². The first-order valence-corrected chi connectivity index (χ1v) is 11.7. The van der Waals surface area contributed by atoms with Gasteiger partial charge >= 0.3 is 0 Å². The molecule has 0 bridgehead atoms. The van der Waals surface area contributed by atoms with Crippen molar-refractivity contribution in [3.8, 4) is 0 Å². The van der Waals surface area contributed by atoms with Gasteiger partial charge < -0.3 is 10.2 Å². The Morgan fingerprint density at radius 1 is 1.03 bits per heavy atom. The number of rotatable bonds is 7. The Hall–Kier alpha value is -2.98. The van der Waals surface area contributed by atoms with E-state index in [-0.39, 0.29) is 27.9 Å². The number of sulfonamides is 1. The molecule has 10 heteroatoms. The minimum absolute atomic E-state index is 0.0916. The molecule has 1 aliphatic carbocycles. The van der Waals surface area contributed by atoms with Crippen LogP contribution < -0.4 is 10.0 Å². The molecule has 164 valence electrons. The fourth-order valence-electron chi connectivity index (χ4n) is 3.85. The first kappa shape index (κ1) is 21.3. The number of piperidine rings is 1. The molecule has 1 saturated carbocycles. The number of carbonyl (C=O) groups excluding carboxylic acids is 1. The van der Waals surface area contributed by atoms with Gasteiger partial charge in [-0.1, -0.05) is 18.2 Å². The molecule has 1 aliphatic heterocycles. The van der Waals surface area contributed by atoms with Gasteiger partial charge in [-0.2, -0.15) is 0 Å². The smallest absolute Gasteiger partial charge is 0.293 e. The molecule has 0 spiro atoms. The number of benzene rings is 2. The third-order valence-corrected chi connectivity index (χ3v) is 7.02. The summed E-state index contributed by atoms with van der Waals surface area (Å²) in [5.41, 5.74) is 0.124. The summed E-state index contributed by atoms with van der Waals surface area (Å²) in [6, 6.07) is 12.3. The second-order valence-corrected chi connectivity index (χ2v) is 9.60. The van der Waals surface area contributed by atoms with E-state index in [1.807, 2.05) is 4.72 Å². The third kappa shape index (κ3) is 5.02. The Morgan fingerprint density at radius 3 is 2.32 bits per heavy atom. The van der Waals surface area contributed by atoms with Crippen molar-refractivity contribution in [3.63, 3.8) is 0 Å². The van der Waals surface area contributed by atoms with Crippen molar-refractivity contribution in [2.24, 2.45) is 0 Å². The molecule has 2 aromatic carbocycles. The molecular formula is C21H24N4O5S. The van der Waals surface area contributed by atoms with Crippen LogP contribution in [-0.2, 0) is 10.0 Å². The number of nitrogens with one attached hydrogen (secondary N) is 2. The van der Waals surface area contributed by atoms with Crippen LogP contribution in [0.25, 0.3) is 0 Å². The average Bonchev–Trinajstić information content (AvgIpc) is 3.60. The molecule has 0 unspecified atom stereocenters. The van der Waals surface area contributed by atoms with Gasteiger partial charge in [0.15, 0.2) is 0 Å². The minimum Gasteiger partial charge on any atom is -0.377 e. The van der Waals surface area contributed by atoms with Gasteiger partial charge in [0.25, 0.3) is 21.6 Å². The quantitative estimate of drug-likeness (QED) is 0.497. The van der Waals surface area contributed by atoms with Crippen LogP contribution in [0.4, 0.5) is 11.4 Å². The Labute approximate surface area is 180 Å². The van der Waals surface area contributed by atoms with Crippen molar-refractivity contribution in [1.29, 1.82) is 0 Å². The number of hydrogen-bond acceptors (Lipinski definition) is 7. The third-order valence-electron chi connectivity index (χ3n) is 5.69. The molecule has 0 radical (unpaired) electrons. The molecule has 0 atom stereocenters. The number of nitro groups is 1. The van der Waals surface area contributed by atoms with E-state index in [4.69, 9.17) is 0 Å². The maximum absolute atomic E-state index is 12.6.